The van der Waals surface area contributed by atoms with E-state index in [0.29, 0.717) is 43.4 Å². The Hall–Kier alpha value is -2.39. The van der Waals surface area contributed by atoms with Crippen LogP contribution >= 0.6 is 56.5 Å². The van der Waals surface area contributed by atoms with E-state index >= 15 is 0 Å². The molecule has 11 heteroatoms. The number of fused-ring (bicyclic) bond motifs is 2. The van der Waals surface area contributed by atoms with Crippen molar-refractivity contribution in [3.8, 4) is 17.2 Å². The van der Waals surface area contributed by atoms with Gasteiger partial charge in [0.1, 0.15) is 5.75 Å². The van der Waals surface area contributed by atoms with Crippen molar-refractivity contribution >= 4 is 68.6 Å². The van der Waals surface area contributed by atoms with Gasteiger partial charge in [0.05, 0.1) is 39.1 Å². The molecule has 3 heterocycles. The Balaban J connectivity index is 1.75. The minimum Gasteiger partial charge on any atom is -0.495 e. The maximum absolute atomic E-state index is 13.8. The number of allylic oxidation sites excluding steroid dienone is 1. The van der Waals surface area contributed by atoms with Crippen molar-refractivity contribution in [2.75, 3.05) is 20.5 Å². The first-order valence-corrected chi connectivity index (χ1v) is 13.9. The summed E-state index contributed by atoms with van der Waals surface area (Å²) in [6.45, 7) is 3.83. The lowest BCUT2D eigenvalue weighted by molar-refractivity contribution is -0.139. The Morgan fingerprint density at radius 2 is 2.03 bits per heavy atom. The third kappa shape index (κ3) is 4.45. The zero-order valence-electron chi connectivity index (χ0n) is 19.5. The van der Waals surface area contributed by atoms with Gasteiger partial charge in [0.15, 0.2) is 16.3 Å². The molecule has 8 nitrogen and oxygen atoms in total. The first-order valence-electron chi connectivity index (χ1n) is 10.9. The molecule has 0 radical (unpaired) electrons. The third-order valence-corrected chi connectivity index (χ3v) is 8.16. The number of nitrogens with zero attached hydrogens (tertiary/aromatic N) is 2. The van der Waals surface area contributed by atoms with Crippen LogP contribution in [0.4, 0.5) is 0 Å². The highest BCUT2D eigenvalue weighted by Crippen LogP contribution is 2.38. The molecule has 3 aromatic rings. The molecule has 0 amide bonds. The number of rotatable bonds is 5. The summed E-state index contributed by atoms with van der Waals surface area (Å²) in [4.78, 5) is 32.0. The van der Waals surface area contributed by atoms with E-state index < -0.39 is 12.0 Å². The summed E-state index contributed by atoms with van der Waals surface area (Å²) in [6.07, 6.45) is 1.81. The number of benzene rings is 2. The second-order valence-electron chi connectivity index (χ2n) is 7.93. The molecular weight excluding hydrogens is 710 g/mol. The van der Waals surface area contributed by atoms with Gasteiger partial charge in [0, 0.05) is 9.13 Å². The van der Waals surface area contributed by atoms with Crippen molar-refractivity contribution in [1.82, 2.24) is 4.57 Å². The number of esters is 1. The average molecular weight is 730 g/mol. The molecular formula is C25H20I2N2O6S. The lowest BCUT2D eigenvalue weighted by Crippen LogP contribution is -2.39. The van der Waals surface area contributed by atoms with E-state index in [0.717, 1.165) is 12.7 Å². The van der Waals surface area contributed by atoms with Gasteiger partial charge in [0.2, 0.25) is 6.79 Å². The molecule has 36 heavy (non-hydrogen) atoms. The molecule has 5 rings (SSSR count). The molecule has 0 unspecified atom stereocenters. The number of methoxy groups -OCH3 is 1. The molecule has 0 spiro atoms. The molecule has 2 aliphatic heterocycles. The van der Waals surface area contributed by atoms with E-state index in [1.165, 1.54) is 11.3 Å². The normalized spacial score (nSPS) is 16.6. The van der Waals surface area contributed by atoms with Gasteiger partial charge in [-0.2, -0.15) is 0 Å². The number of aromatic nitrogens is 1. The van der Waals surface area contributed by atoms with Crippen LogP contribution in [-0.2, 0) is 9.53 Å². The van der Waals surface area contributed by atoms with Crippen molar-refractivity contribution < 1.29 is 23.7 Å². The van der Waals surface area contributed by atoms with Crippen LogP contribution in [0, 0.1) is 7.14 Å². The summed E-state index contributed by atoms with van der Waals surface area (Å²) in [7, 11) is 1.61. The Morgan fingerprint density at radius 3 is 2.78 bits per heavy atom. The first kappa shape index (κ1) is 25.3. The van der Waals surface area contributed by atoms with E-state index in [9.17, 15) is 9.59 Å². The summed E-state index contributed by atoms with van der Waals surface area (Å²) < 4.78 is 26.0. The first-order chi connectivity index (χ1) is 17.3. The van der Waals surface area contributed by atoms with Crippen LogP contribution < -0.4 is 29.1 Å². The van der Waals surface area contributed by atoms with Gasteiger partial charge in [-0.05, 0) is 94.9 Å². The van der Waals surface area contributed by atoms with E-state index in [1.54, 1.807) is 37.7 Å². The zero-order valence-corrected chi connectivity index (χ0v) is 24.6. The average Bonchev–Trinajstić information content (AvgIpc) is 3.42. The summed E-state index contributed by atoms with van der Waals surface area (Å²) in [6, 6.07) is 8.66. The SMILES string of the molecule is CCOC(=O)C1=C(C)N=c2s/c(=C\c3cc(I)cc(I)c3OC)c(=O)n2[C@H]1c1ccc2c(c1)OCO2. The van der Waals surface area contributed by atoms with Crippen molar-refractivity contribution in [3.63, 3.8) is 0 Å². The van der Waals surface area contributed by atoms with E-state index in [1.807, 2.05) is 24.3 Å². The molecule has 0 aliphatic carbocycles. The minimum atomic E-state index is -0.727. The highest BCUT2D eigenvalue weighted by molar-refractivity contribution is 14.1. The van der Waals surface area contributed by atoms with Crippen LogP contribution in [-0.4, -0.2) is 31.0 Å². The number of thiazole rings is 1. The molecule has 0 saturated heterocycles. The van der Waals surface area contributed by atoms with Gasteiger partial charge >= 0.3 is 5.97 Å². The number of carbonyl (C=O) groups excluding carboxylic acids is 1. The van der Waals surface area contributed by atoms with Crippen LogP contribution in [0.3, 0.4) is 0 Å². The summed E-state index contributed by atoms with van der Waals surface area (Å²) >= 11 is 5.72. The number of hydrogen-bond acceptors (Lipinski definition) is 8. The maximum Gasteiger partial charge on any atom is 0.338 e. The maximum atomic E-state index is 13.8. The standard InChI is InChI=1S/C25H20I2N2O6S/c1-4-33-24(31)20-12(2)28-25-29(21(20)13-5-6-17-18(8-13)35-11-34-17)23(30)19(36-25)9-14-7-15(26)10-16(27)22(14)32-3/h5-10,21H,4,11H2,1-3H3/b19-9-/t21-/m0/s1. The van der Waals surface area contributed by atoms with Gasteiger partial charge in [-0.25, -0.2) is 9.79 Å². The molecule has 2 aromatic carbocycles. The van der Waals surface area contributed by atoms with Gasteiger partial charge in [-0.15, -0.1) is 0 Å². The summed E-state index contributed by atoms with van der Waals surface area (Å²) in [5.41, 5.74) is 2.05. The Kier molecular flexibility index (Phi) is 7.14. The molecule has 1 aromatic heterocycles. The molecule has 1 atom stereocenters. The fourth-order valence-electron chi connectivity index (χ4n) is 4.23. The van der Waals surface area contributed by atoms with Gasteiger partial charge < -0.3 is 18.9 Å². The van der Waals surface area contributed by atoms with Crippen LogP contribution in [0.5, 0.6) is 17.2 Å². The Labute approximate surface area is 237 Å². The second kappa shape index (κ2) is 10.2. The predicted octanol–water partition coefficient (Wildman–Crippen LogP) is 3.74. The second-order valence-corrected chi connectivity index (χ2v) is 11.3. The van der Waals surface area contributed by atoms with E-state index in [4.69, 9.17) is 18.9 Å². The van der Waals surface area contributed by atoms with Crippen LogP contribution in [0.25, 0.3) is 6.08 Å². The largest absolute Gasteiger partial charge is 0.495 e. The molecule has 0 fully saturated rings. The number of carbonyl (C=O) groups is 1. The zero-order chi connectivity index (χ0) is 25.6. The van der Waals surface area contributed by atoms with Crippen LogP contribution in [0.1, 0.15) is 31.0 Å². The quantitative estimate of drug-likeness (QED) is 0.294. The third-order valence-electron chi connectivity index (χ3n) is 5.76. The monoisotopic (exact) mass is 730 g/mol. The smallest absolute Gasteiger partial charge is 0.338 e. The number of ether oxygens (including phenoxy) is 4. The number of halogens is 2. The fourth-order valence-corrected chi connectivity index (χ4v) is 7.38. The Morgan fingerprint density at radius 1 is 1.25 bits per heavy atom. The summed E-state index contributed by atoms with van der Waals surface area (Å²) in [5.74, 6) is 1.36. The minimum absolute atomic E-state index is 0.123. The predicted molar refractivity (Wildman–Crippen MR) is 151 cm³/mol. The van der Waals surface area contributed by atoms with Crippen LogP contribution in [0.15, 0.2) is 51.4 Å². The van der Waals surface area contributed by atoms with E-state index in [2.05, 4.69) is 50.2 Å². The molecule has 0 saturated carbocycles. The molecule has 0 N–H and O–H groups in total. The molecule has 186 valence electrons. The van der Waals surface area contributed by atoms with Gasteiger partial charge in [-0.3, -0.25) is 9.36 Å². The fraction of sp³-hybridized carbons (Fsp3) is 0.240. The van der Waals surface area contributed by atoms with Crippen molar-refractivity contribution in [3.05, 3.63) is 79.6 Å². The van der Waals surface area contributed by atoms with Gasteiger partial charge in [-0.1, -0.05) is 17.4 Å². The lowest BCUT2D eigenvalue weighted by Gasteiger charge is -2.24. The van der Waals surface area contributed by atoms with Gasteiger partial charge in [0.25, 0.3) is 5.56 Å². The lowest BCUT2D eigenvalue weighted by atomic mass is 9.95. The topological polar surface area (TPSA) is 88.4 Å². The van der Waals surface area contributed by atoms with Crippen LogP contribution in [0.2, 0.25) is 0 Å². The Bertz CT molecular complexity index is 1610. The van der Waals surface area contributed by atoms with E-state index in [-0.39, 0.29) is 19.0 Å². The highest BCUT2D eigenvalue weighted by atomic mass is 127. The number of hydrogen-bond donors (Lipinski definition) is 0. The highest BCUT2D eigenvalue weighted by Gasteiger charge is 2.34. The molecule has 2 aliphatic rings. The van der Waals surface area contributed by atoms with Crippen molar-refractivity contribution in [2.45, 2.75) is 19.9 Å². The van der Waals surface area contributed by atoms with Crippen molar-refractivity contribution in [1.29, 1.82) is 0 Å². The molecule has 0 bridgehead atoms. The summed E-state index contributed by atoms with van der Waals surface area (Å²) in [5, 5.41) is 0. The van der Waals surface area contributed by atoms with Crippen molar-refractivity contribution in [2.24, 2.45) is 4.99 Å².